The molecule has 1 aromatic rings. The van der Waals surface area contributed by atoms with Crippen LogP contribution in [0.3, 0.4) is 0 Å². The standard InChI is InChI=1S/C18H20N2O4/c21-16-14-6-1-2-7-15(14)17(22)20(16)10-4-3-5-13-8-11-19(12-9-13)18(23)24/h1-4,6-7,13H,5,8-12H2,(H,23,24)/b4-3+. The van der Waals surface area contributed by atoms with E-state index in [1.165, 1.54) is 9.80 Å². The molecule has 0 atom stereocenters. The summed E-state index contributed by atoms with van der Waals surface area (Å²) in [5.74, 6) is -0.0240. The fourth-order valence-electron chi connectivity index (χ4n) is 3.23. The van der Waals surface area contributed by atoms with Crippen LogP contribution >= 0.6 is 0 Å². The minimum atomic E-state index is -0.852. The summed E-state index contributed by atoms with van der Waals surface area (Å²) < 4.78 is 0. The first-order valence-corrected chi connectivity index (χ1v) is 8.16. The number of amides is 3. The van der Waals surface area contributed by atoms with Crippen LogP contribution < -0.4 is 0 Å². The third kappa shape index (κ3) is 3.18. The smallest absolute Gasteiger partial charge is 0.407 e. The minimum Gasteiger partial charge on any atom is -0.465 e. The Morgan fingerprint density at radius 1 is 1.08 bits per heavy atom. The van der Waals surface area contributed by atoms with Gasteiger partial charge in [0.1, 0.15) is 0 Å². The zero-order valence-electron chi connectivity index (χ0n) is 13.4. The maximum atomic E-state index is 12.2. The molecule has 0 bridgehead atoms. The van der Waals surface area contributed by atoms with Gasteiger partial charge in [0.05, 0.1) is 11.1 Å². The van der Waals surface area contributed by atoms with E-state index in [1.54, 1.807) is 24.3 Å². The third-order valence-electron chi connectivity index (χ3n) is 4.69. The molecular formula is C18H20N2O4. The first-order valence-electron chi connectivity index (χ1n) is 8.16. The van der Waals surface area contributed by atoms with Crippen molar-refractivity contribution in [3.63, 3.8) is 0 Å². The summed E-state index contributed by atoms with van der Waals surface area (Å²) in [6.45, 7) is 1.43. The molecule has 24 heavy (non-hydrogen) atoms. The highest BCUT2D eigenvalue weighted by Crippen LogP contribution is 2.23. The normalized spacial score (nSPS) is 18.5. The van der Waals surface area contributed by atoms with Gasteiger partial charge in [-0.15, -0.1) is 0 Å². The van der Waals surface area contributed by atoms with Crippen molar-refractivity contribution in [2.75, 3.05) is 19.6 Å². The first kappa shape index (κ1) is 16.2. The van der Waals surface area contributed by atoms with Gasteiger partial charge in [0, 0.05) is 19.6 Å². The number of carbonyl (C=O) groups is 3. The molecule has 1 saturated heterocycles. The molecule has 0 radical (unpaired) electrons. The van der Waals surface area contributed by atoms with Crippen LogP contribution in [0.1, 0.15) is 40.0 Å². The fraction of sp³-hybridized carbons (Fsp3) is 0.389. The molecular weight excluding hydrogens is 308 g/mol. The molecule has 2 aliphatic heterocycles. The maximum absolute atomic E-state index is 12.2. The summed E-state index contributed by atoms with van der Waals surface area (Å²) in [6, 6.07) is 6.87. The van der Waals surface area contributed by atoms with E-state index >= 15 is 0 Å². The highest BCUT2D eigenvalue weighted by atomic mass is 16.4. The molecule has 1 N–H and O–H groups in total. The van der Waals surface area contributed by atoms with E-state index in [2.05, 4.69) is 0 Å². The molecule has 0 spiro atoms. The molecule has 1 fully saturated rings. The number of hydrogen-bond donors (Lipinski definition) is 1. The van der Waals surface area contributed by atoms with Crippen LogP contribution in [0.5, 0.6) is 0 Å². The average Bonchev–Trinajstić information content (AvgIpc) is 2.84. The van der Waals surface area contributed by atoms with Crippen LogP contribution in [0.2, 0.25) is 0 Å². The third-order valence-corrected chi connectivity index (χ3v) is 4.69. The average molecular weight is 328 g/mol. The summed E-state index contributed by atoms with van der Waals surface area (Å²) >= 11 is 0. The Balaban J connectivity index is 1.49. The number of hydrogen-bond acceptors (Lipinski definition) is 3. The second-order valence-corrected chi connectivity index (χ2v) is 6.19. The summed E-state index contributed by atoms with van der Waals surface area (Å²) in [5, 5.41) is 8.93. The van der Waals surface area contributed by atoms with Gasteiger partial charge in [-0.05, 0) is 37.3 Å². The number of fused-ring (bicyclic) bond motifs is 1. The minimum absolute atomic E-state index is 0.241. The lowest BCUT2D eigenvalue weighted by Gasteiger charge is -2.29. The van der Waals surface area contributed by atoms with E-state index in [-0.39, 0.29) is 18.4 Å². The van der Waals surface area contributed by atoms with Crippen molar-refractivity contribution in [2.45, 2.75) is 19.3 Å². The Morgan fingerprint density at radius 2 is 1.67 bits per heavy atom. The van der Waals surface area contributed by atoms with E-state index in [1.807, 2.05) is 12.2 Å². The predicted molar refractivity (Wildman–Crippen MR) is 87.9 cm³/mol. The van der Waals surface area contributed by atoms with Crippen molar-refractivity contribution in [1.29, 1.82) is 0 Å². The van der Waals surface area contributed by atoms with E-state index in [4.69, 9.17) is 5.11 Å². The van der Waals surface area contributed by atoms with Gasteiger partial charge < -0.3 is 10.0 Å². The molecule has 6 heteroatoms. The number of allylic oxidation sites excluding steroid dienone is 1. The zero-order valence-corrected chi connectivity index (χ0v) is 13.4. The largest absolute Gasteiger partial charge is 0.465 e. The summed E-state index contributed by atoms with van der Waals surface area (Å²) in [7, 11) is 0. The quantitative estimate of drug-likeness (QED) is 0.681. The number of imide groups is 1. The Bertz CT molecular complexity index is 655. The molecule has 126 valence electrons. The predicted octanol–water partition coefficient (Wildman–Crippen LogP) is 2.62. The van der Waals surface area contributed by atoms with Gasteiger partial charge in [-0.25, -0.2) is 4.79 Å². The molecule has 1 aromatic carbocycles. The Hall–Kier alpha value is -2.63. The van der Waals surface area contributed by atoms with Gasteiger partial charge in [0.25, 0.3) is 11.8 Å². The van der Waals surface area contributed by atoms with Crippen molar-refractivity contribution < 1.29 is 19.5 Å². The first-order chi connectivity index (χ1) is 11.6. The van der Waals surface area contributed by atoms with E-state index in [0.717, 1.165) is 19.3 Å². The van der Waals surface area contributed by atoms with Crippen molar-refractivity contribution in [3.05, 3.63) is 47.5 Å². The van der Waals surface area contributed by atoms with Crippen LogP contribution in [0.4, 0.5) is 4.79 Å². The fourth-order valence-corrected chi connectivity index (χ4v) is 3.23. The SMILES string of the molecule is O=C(O)N1CCC(C/C=C/CN2C(=O)c3ccccc3C2=O)CC1. The summed E-state index contributed by atoms with van der Waals surface area (Å²) in [4.78, 5) is 38.0. The van der Waals surface area contributed by atoms with Gasteiger partial charge >= 0.3 is 6.09 Å². The second-order valence-electron chi connectivity index (χ2n) is 6.19. The van der Waals surface area contributed by atoms with Crippen molar-refractivity contribution in [3.8, 4) is 0 Å². The summed E-state index contributed by atoms with van der Waals surface area (Å²) in [6.07, 6.45) is 5.54. The Morgan fingerprint density at radius 3 is 2.21 bits per heavy atom. The number of carbonyl (C=O) groups excluding carboxylic acids is 2. The molecule has 3 rings (SSSR count). The lowest BCUT2D eigenvalue weighted by molar-refractivity contribution is 0.0671. The highest BCUT2D eigenvalue weighted by Gasteiger charge is 2.34. The van der Waals surface area contributed by atoms with Crippen LogP contribution in [0.25, 0.3) is 0 Å². The Kier molecular flexibility index (Phi) is 4.64. The molecule has 0 unspecified atom stereocenters. The molecule has 0 saturated carbocycles. The monoisotopic (exact) mass is 328 g/mol. The number of likely N-dealkylation sites (tertiary alicyclic amines) is 1. The second kappa shape index (κ2) is 6.86. The zero-order chi connectivity index (χ0) is 17.1. The number of nitrogens with zero attached hydrogens (tertiary/aromatic N) is 2. The van der Waals surface area contributed by atoms with Crippen LogP contribution in [-0.2, 0) is 0 Å². The van der Waals surface area contributed by atoms with Gasteiger partial charge in [-0.3, -0.25) is 14.5 Å². The number of rotatable bonds is 4. The number of piperidine rings is 1. The number of benzene rings is 1. The van der Waals surface area contributed by atoms with Crippen LogP contribution in [0.15, 0.2) is 36.4 Å². The van der Waals surface area contributed by atoms with Crippen molar-refractivity contribution >= 4 is 17.9 Å². The van der Waals surface area contributed by atoms with Gasteiger partial charge in [-0.1, -0.05) is 24.3 Å². The van der Waals surface area contributed by atoms with Gasteiger partial charge in [0.2, 0.25) is 0 Å². The Labute approximate surface area is 140 Å². The molecule has 2 heterocycles. The lowest BCUT2D eigenvalue weighted by atomic mass is 9.93. The molecule has 3 amide bonds. The lowest BCUT2D eigenvalue weighted by Crippen LogP contribution is -2.37. The van der Waals surface area contributed by atoms with Crippen molar-refractivity contribution in [2.24, 2.45) is 5.92 Å². The molecule has 6 nitrogen and oxygen atoms in total. The van der Waals surface area contributed by atoms with E-state index in [9.17, 15) is 14.4 Å². The highest BCUT2D eigenvalue weighted by molar-refractivity contribution is 6.21. The van der Waals surface area contributed by atoms with E-state index < -0.39 is 6.09 Å². The van der Waals surface area contributed by atoms with Crippen LogP contribution in [0, 0.1) is 5.92 Å². The topological polar surface area (TPSA) is 77.9 Å². The van der Waals surface area contributed by atoms with Crippen LogP contribution in [-0.4, -0.2) is 52.4 Å². The van der Waals surface area contributed by atoms with Gasteiger partial charge in [0.15, 0.2) is 0 Å². The molecule has 0 aliphatic carbocycles. The maximum Gasteiger partial charge on any atom is 0.407 e. The van der Waals surface area contributed by atoms with Crippen molar-refractivity contribution in [1.82, 2.24) is 9.80 Å². The van der Waals surface area contributed by atoms with E-state index in [0.29, 0.717) is 30.1 Å². The van der Waals surface area contributed by atoms with Gasteiger partial charge in [-0.2, -0.15) is 0 Å². The summed E-state index contributed by atoms with van der Waals surface area (Å²) in [5.41, 5.74) is 0.939. The molecule has 2 aliphatic rings. The molecule has 0 aromatic heterocycles. The number of carboxylic acid groups (broad SMARTS) is 1.